The number of aromatic carboxylic acids is 1. The van der Waals surface area contributed by atoms with Crippen LogP contribution in [0.3, 0.4) is 0 Å². The number of hydrogen-bond donors (Lipinski definition) is 2. The predicted molar refractivity (Wildman–Crippen MR) is 99.5 cm³/mol. The molecule has 142 valence electrons. The van der Waals surface area contributed by atoms with Crippen molar-refractivity contribution >= 4 is 29.4 Å². The predicted octanol–water partition coefficient (Wildman–Crippen LogP) is 2.20. The molecule has 2 N–H and O–H groups in total. The van der Waals surface area contributed by atoms with E-state index in [9.17, 15) is 9.59 Å². The average Bonchev–Trinajstić information content (AvgIpc) is 2.69. The van der Waals surface area contributed by atoms with Crippen molar-refractivity contribution in [1.29, 1.82) is 0 Å². The van der Waals surface area contributed by atoms with Crippen molar-refractivity contribution in [3.05, 3.63) is 42.2 Å². The van der Waals surface area contributed by atoms with Crippen LogP contribution in [0.4, 0.5) is 22.1 Å². The molecule has 27 heavy (non-hydrogen) atoms. The van der Waals surface area contributed by atoms with Gasteiger partial charge in [-0.05, 0) is 25.1 Å². The van der Waals surface area contributed by atoms with E-state index in [2.05, 4.69) is 20.2 Å². The molecule has 0 spiro atoms. The number of aromatic nitrogens is 2. The highest BCUT2D eigenvalue weighted by Crippen LogP contribution is 2.20. The maximum Gasteiger partial charge on any atom is 0.409 e. The summed E-state index contributed by atoms with van der Waals surface area (Å²) in [5, 5.41) is 12.2. The van der Waals surface area contributed by atoms with Crippen LogP contribution in [0.25, 0.3) is 0 Å². The molecular formula is C18H21N5O4. The van der Waals surface area contributed by atoms with Gasteiger partial charge in [-0.3, -0.25) is 0 Å². The minimum atomic E-state index is -0.985. The van der Waals surface area contributed by atoms with Crippen LogP contribution in [0.5, 0.6) is 0 Å². The Kier molecular flexibility index (Phi) is 5.70. The molecule has 2 heterocycles. The van der Waals surface area contributed by atoms with Gasteiger partial charge in [0, 0.05) is 37.9 Å². The molecule has 1 aliphatic rings. The molecule has 1 fully saturated rings. The molecule has 0 saturated carbocycles. The van der Waals surface area contributed by atoms with E-state index in [-0.39, 0.29) is 11.7 Å². The molecule has 2 aromatic rings. The number of hydrogen-bond acceptors (Lipinski definition) is 7. The molecule has 1 saturated heterocycles. The highest BCUT2D eigenvalue weighted by Gasteiger charge is 2.22. The molecule has 0 radical (unpaired) electrons. The fourth-order valence-corrected chi connectivity index (χ4v) is 2.80. The third kappa shape index (κ3) is 4.63. The van der Waals surface area contributed by atoms with Crippen LogP contribution in [0.15, 0.2) is 36.7 Å². The van der Waals surface area contributed by atoms with Crippen molar-refractivity contribution in [2.75, 3.05) is 43.0 Å². The van der Waals surface area contributed by atoms with Gasteiger partial charge in [-0.25, -0.2) is 19.6 Å². The van der Waals surface area contributed by atoms with Crippen molar-refractivity contribution in [3.8, 4) is 0 Å². The van der Waals surface area contributed by atoms with Crippen LogP contribution >= 0.6 is 0 Å². The number of piperazine rings is 1. The molecule has 0 bridgehead atoms. The lowest BCUT2D eigenvalue weighted by atomic mass is 10.2. The van der Waals surface area contributed by atoms with E-state index >= 15 is 0 Å². The number of anilines is 3. The van der Waals surface area contributed by atoms with Gasteiger partial charge >= 0.3 is 12.1 Å². The van der Waals surface area contributed by atoms with Gasteiger partial charge in [0.2, 0.25) is 0 Å². The monoisotopic (exact) mass is 371 g/mol. The number of carboxylic acid groups (broad SMARTS) is 1. The summed E-state index contributed by atoms with van der Waals surface area (Å²) in [6.45, 7) is 4.56. The molecule has 3 rings (SSSR count). The van der Waals surface area contributed by atoms with Crippen LogP contribution in [0.2, 0.25) is 0 Å². The average molecular weight is 371 g/mol. The van der Waals surface area contributed by atoms with E-state index in [4.69, 9.17) is 9.84 Å². The number of nitrogens with zero attached hydrogens (tertiary/aromatic N) is 4. The zero-order valence-electron chi connectivity index (χ0n) is 15.0. The third-order valence-electron chi connectivity index (χ3n) is 4.16. The maximum absolute atomic E-state index is 11.8. The van der Waals surface area contributed by atoms with Gasteiger partial charge in [0.05, 0.1) is 12.2 Å². The highest BCUT2D eigenvalue weighted by atomic mass is 16.6. The quantitative estimate of drug-likeness (QED) is 0.823. The van der Waals surface area contributed by atoms with E-state index in [0.29, 0.717) is 44.3 Å². The Morgan fingerprint density at radius 2 is 1.96 bits per heavy atom. The number of amides is 1. The smallest absolute Gasteiger partial charge is 0.409 e. The number of ether oxygens (including phenoxy) is 1. The summed E-state index contributed by atoms with van der Waals surface area (Å²) >= 11 is 0. The van der Waals surface area contributed by atoms with E-state index in [1.165, 1.54) is 12.4 Å². The lowest BCUT2D eigenvalue weighted by Gasteiger charge is -2.34. The maximum atomic E-state index is 11.8. The second-order valence-corrected chi connectivity index (χ2v) is 5.95. The lowest BCUT2D eigenvalue weighted by Crippen LogP contribution is -2.49. The van der Waals surface area contributed by atoms with Crippen molar-refractivity contribution in [3.63, 3.8) is 0 Å². The summed E-state index contributed by atoms with van der Waals surface area (Å²) in [4.78, 5) is 35.1. The largest absolute Gasteiger partial charge is 0.478 e. The van der Waals surface area contributed by atoms with E-state index in [1.807, 2.05) is 0 Å². The molecule has 1 aromatic carbocycles. The Balaban J connectivity index is 1.65. The van der Waals surface area contributed by atoms with Gasteiger partial charge in [0.1, 0.15) is 18.0 Å². The van der Waals surface area contributed by atoms with Crippen LogP contribution < -0.4 is 10.2 Å². The Hall–Kier alpha value is -3.36. The van der Waals surface area contributed by atoms with E-state index in [1.54, 1.807) is 36.1 Å². The highest BCUT2D eigenvalue weighted by molar-refractivity contribution is 5.89. The molecule has 9 heteroatoms. The first kappa shape index (κ1) is 18.4. The minimum absolute atomic E-state index is 0.198. The minimum Gasteiger partial charge on any atom is -0.478 e. The van der Waals surface area contributed by atoms with E-state index in [0.717, 1.165) is 5.82 Å². The Morgan fingerprint density at radius 1 is 1.19 bits per heavy atom. The third-order valence-corrected chi connectivity index (χ3v) is 4.16. The summed E-state index contributed by atoms with van der Waals surface area (Å²) in [5.74, 6) is 0.322. The number of carbonyl (C=O) groups is 2. The molecule has 0 aliphatic carbocycles. The van der Waals surface area contributed by atoms with Crippen LogP contribution in [-0.4, -0.2) is 64.8 Å². The number of benzene rings is 1. The fraction of sp³-hybridized carbons (Fsp3) is 0.333. The van der Waals surface area contributed by atoms with Gasteiger partial charge in [-0.1, -0.05) is 6.07 Å². The number of rotatable bonds is 5. The lowest BCUT2D eigenvalue weighted by molar-refractivity contribution is 0.0696. The zero-order chi connectivity index (χ0) is 19.2. The van der Waals surface area contributed by atoms with Crippen LogP contribution in [-0.2, 0) is 4.74 Å². The number of carbonyl (C=O) groups excluding carboxylic acids is 1. The van der Waals surface area contributed by atoms with Crippen molar-refractivity contribution in [1.82, 2.24) is 14.9 Å². The van der Waals surface area contributed by atoms with Crippen molar-refractivity contribution < 1.29 is 19.4 Å². The molecule has 9 nitrogen and oxygen atoms in total. The van der Waals surface area contributed by atoms with Crippen molar-refractivity contribution in [2.45, 2.75) is 6.92 Å². The van der Waals surface area contributed by atoms with Gasteiger partial charge in [-0.2, -0.15) is 0 Å². The Morgan fingerprint density at radius 3 is 2.67 bits per heavy atom. The molecular weight excluding hydrogens is 350 g/mol. The first-order chi connectivity index (χ1) is 13.1. The molecule has 1 aliphatic heterocycles. The van der Waals surface area contributed by atoms with Gasteiger partial charge in [0.25, 0.3) is 0 Å². The van der Waals surface area contributed by atoms with Crippen LogP contribution in [0.1, 0.15) is 17.3 Å². The summed E-state index contributed by atoms with van der Waals surface area (Å²) in [6, 6.07) is 8.31. The summed E-state index contributed by atoms with van der Waals surface area (Å²) < 4.78 is 5.03. The zero-order valence-corrected chi connectivity index (χ0v) is 15.0. The summed E-state index contributed by atoms with van der Waals surface area (Å²) in [5.41, 5.74) is 0.830. The van der Waals surface area contributed by atoms with Gasteiger partial charge < -0.3 is 25.0 Å². The Bertz CT molecular complexity index is 821. The van der Waals surface area contributed by atoms with Crippen molar-refractivity contribution in [2.24, 2.45) is 0 Å². The van der Waals surface area contributed by atoms with Gasteiger partial charge in [-0.15, -0.1) is 0 Å². The van der Waals surface area contributed by atoms with Gasteiger partial charge in [0.15, 0.2) is 0 Å². The normalized spacial score (nSPS) is 14.0. The molecule has 1 aromatic heterocycles. The second kappa shape index (κ2) is 8.35. The molecule has 1 amide bonds. The topological polar surface area (TPSA) is 108 Å². The number of carboxylic acids is 1. The first-order valence-corrected chi connectivity index (χ1v) is 8.66. The SMILES string of the molecule is CCOC(=O)N1CCN(c2cc(Nc3cccc(C(=O)O)c3)ncn2)CC1. The molecule has 0 atom stereocenters. The summed E-state index contributed by atoms with van der Waals surface area (Å²) in [7, 11) is 0. The second-order valence-electron chi connectivity index (χ2n) is 5.95. The molecule has 0 unspecified atom stereocenters. The summed E-state index contributed by atoms with van der Waals surface area (Å²) in [6.07, 6.45) is 1.16. The standard InChI is InChI=1S/C18H21N5O4/c1-2-27-18(26)23-8-6-22(7-9-23)16-11-15(19-12-20-16)21-14-5-3-4-13(10-14)17(24)25/h3-5,10-12H,2,6-9H2,1H3,(H,24,25)(H,19,20,21). The Labute approximate surface area is 156 Å². The first-order valence-electron chi connectivity index (χ1n) is 8.66. The number of nitrogens with one attached hydrogen (secondary N) is 1. The fourth-order valence-electron chi connectivity index (χ4n) is 2.80. The van der Waals surface area contributed by atoms with E-state index < -0.39 is 5.97 Å². The van der Waals surface area contributed by atoms with Crippen LogP contribution in [0, 0.1) is 0 Å².